The molecule has 248 valence electrons. The second-order valence-electron chi connectivity index (χ2n) is 12.8. The number of ketones is 2. The monoisotopic (exact) mass is 642 g/mol. The summed E-state index contributed by atoms with van der Waals surface area (Å²) in [6.07, 6.45) is 8.10. The number of carbonyl (C=O) groups is 2. The summed E-state index contributed by atoms with van der Waals surface area (Å²) in [6, 6.07) is 9.36. The van der Waals surface area contributed by atoms with Crippen LogP contribution in [0.25, 0.3) is 11.5 Å². The van der Waals surface area contributed by atoms with E-state index in [2.05, 4.69) is 10.3 Å². The lowest BCUT2D eigenvalue weighted by atomic mass is 9.63. The highest BCUT2D eigenvalue weighted by atomic mass is 16.5. The van der Waals surface area contributed by atoms with Gasteiger partial charge in [0.15, 0.2) is 23.1 Å². The van der Waals surface area contributed by atoms with Gasteiger partial charge in [-0.3, -0.25) is 19.4 Å². The predicted molar refractivity (Wildman–Crippen MR) is 176 cm³/mol. The lowest BCUT2D eigenvalue weighted by Crippen LogP contribution is -2.43. The van der Waals surface area contributed by atoms with E-state index in [1.807, 2.05) is 87.4 Å². The first-order chi connectivity index (χ1) is 22.0. The van der Waals surface area contributed by atoms with Crippen molar-refractivity contribution in [3.05, 3.63) is 99.7 Å². The molecule has 47 heavy (non-hydrogen) atoms. The average molecular weight is 643 g/mol. The highest BCUT2D eigenvalue weighted by Crippen LogP contribution is 2.55. The molecule has 0 spiro atoms. The van der Waals surface area contributed by atoms with Crippen molar-refractivity contribution in [3.8, 4) is 5.88 Å². The number of carbonyl (C=O) groups excluding carboxylic acids is 2. The summed E-state index contributed by atoms with van der Waals surface area (Å²) in [5, 5.41) is 29.4. The normalized spacial score (nSPS) is 24.3. The van der Waals surface area contributed by atoms with Crippen molar-refractivity contribution < 1.29 is 33.6 Å². The van der Waals surface area contributed by atoms with Gasteiger partial charge in [0, 0.05) is 16.9 Å². The van der Waals surface area contributed by atoms with Crippen LogP contribution in [-0.4, -0.2) is 70.1 Å². The molecular formula is C36H42N4O7. The highest BCUT2D eigenvalue weighted by Gasteiger charge is 2.52. The minimum absolute atomic E-state index is 0. The summed E-state index contributed by atoms with van der Waals surface area (Å²) in [7, 11) is 7.73. The van der Waals surface area contributed by atoms with Gasteiger partial charge in [-0.2, -0.15) is 0 Å². The number of hydrogen-bond acceptors (Lipinski definition) is 11. The Hall–Kier alpha value is -4.74. The Balaban J connectivity index is 0.000000187. The van der Waals surface area contributed by atoms with E-state index >= 15 is 0 Å². The van der Waals surface area contributed by atoms with Crippen LogP contribution in [0.1, 0.15) is 73.2 Å². The molecule has 0 aliphatic heterocycles. The molecule has 2 heterocycles. The van der Waals surface area contributed by atoms with Gasteiger partial charge < -0.3 is 24.0 Å². The van der Waals surface area contributed by atoms with E-state index in [1.165, 1.54) is 12.2 Å². The van der Waals surface area contributed by atoms with Crippen molar-refractivity contribution in [3.63, 3.8) is 0 Å². The van der Waals surface area contributed by atoms with Gasteiger partial charge in [0.25, 0.3) is 5.88 Å². The molecule has 3 aromatic rings. The van der Waals surface area contributed by atoms with Crippen molar-refractivity contribution in [2.45, 2.75) is 52.8 Å². The van der Waals surface area contributed by atoms with Gasteiger partial charge in [0.2, 0.25) is 0 Å². The van der Waals surface area contributed by atoms with E-state index in [0.717, 1.165) is 5.56 Å². The molecule has 0 bridgehead atoms. The van der Waals surface area contributed by atoms with E-state index in [4.69, 9.17) is 13.8 Å². The third-order valence-corrected chi connectivity index (χ3v) is 9.26. The number of aliphatic hydroxyl groups excluding tert-OH is 2. The van der Waals surface area contributed by atoms with Crippen LogP contribution >= 0.6 is 0 Å². The fraction of sp³-hybridized carbons (Fsp3) is 0.389. The Morgan fingerprint density at radius 2 is 1.60 bits per heavy atom. The summed E-state index contributed by atoms with van der Waals surface area (Å²) < 4.78 is 16.8. The van der Waals surface area contributed by atoms with Crippen LogP contribution in [0.4, 0.5) is 0 Å². The smallest absolute Gasteiger partial charge is 0.265 e. The molecule has 11 nitrogen and oxygen atoms in total. The van der Waals surface area contributed by atoms with Crippen molar-refractivity contribution in [2.24, 2.45) is 11.3 Å². The Bertz CT molecular complexity index is 1810. The van der Waals surface area contributed by atoms with Crippen LogP contribution in [0.15, 0.2) is 74.8 Å². The molecule has 0 radical (unpaired) electrons. The van der Waals surface area contributed by atoms with Gasteiger partial charge >= 0.3 is 0 Å². The van der Waals surface area contributed by atoms with E-state index in [1.54, 1.807) is 6.92 Å². The largest absolute Gasteiger partial charge is 0.507 e. The van der Waals surface area contributed by atoms with Crippen LogP contribution in [0.3, 0.4) is 0 Å². The number of rotatable bonds is 5. The van der Waals surface area contributed by atoms with Gasteiger partial charge in [0.1, 0.15) is 23.7 Å². The van der Waals surface area contributed by atoms with Crippen LogP contribution in [0.5, 0.6) is 5.88 Å². The molecule has 11 heteroatoms. The van der Waals surface area contributed by atoms with E-state index in [0.29, 0.717) is 58.9 Å². The van der Waals surface area contributed by atoms with Gasteiger partial charge in [-0.15, -0.1) is 0 Å². The van der Waals surface area contributed by atoms with Crippen molar-refractivity contribution in [1.29, 1.82) is 0 Å². The first kappa shape index (κ1) is 33.6. The number of fused-ring (bicyclic) bond motifs is 4. The first-order valence-electron chi connectivity index (χ1n) is 15.2. The molecule has 7 rings (SSSR count). The topological polar surface area (TPSA) is 142 Å². The van der Waals surface area contributed by atoms with E-state index in [9.17, 15) is 19.8 Å². The summed E-state index contributed by atoms with van der Waals surface area (Å²) in [6.45, 7) is 4.06. The molecule has 0 fully saturated rings. The van der Waals surface area contributed by atoms with Crippen LogP contribution in [0.2, 0.25) is 0 Å². The van der Waals surface area contributed by atoms with Gasteiger partial charge in [0.05, 0.1) is 28.9 Å². The molecule has 1 aromatic carbocycles. The van der Waals surface area contributed by atoms with Crippen LogP contribution in [0, 0.1) is 18.3 Å². The zero-order valence-corrected chi connectivity index (χ0v) is 26.8. The molecular weight excluding hydrogens is 600 g/mol. The van der Waals surface area contributed by atoms with Crippen molar-refractivity contribution in [2.75, 3.05) is 28.2 Å². The zero-order valence-electron chi connectivity index (χ0n) is 26.8. The third kappa shape index (κ3) is 5.53. The maximum Gasteiger partial charge on any atom is 0.265 e. The number of aliphatic hydroxyl groups is 2. The molecule has 2 aromatic heterocycles. The molecule has 0 saturated heterocycles. The Morgan fingerprint density at radius 1 is 0.915 bits per heavy atom. The maximum atomic E-state index is 12.4. The molecule has 2 N–H and O–H groups in total. The van der Waals surface area contributed by atoms with Crippen LogP contribution in [-0.2, 0) is 16.2 Å². The first-order valence-corrected chi connectivity index (χ1v) is 15.2. The number of allylic oxidation sites excluding steroid dienone is 4. The zero-order chi connectivity index (χ0) is 32.9. The van der Waals surface area contributed by atoms with Gasteiger partial charge in [-0.1, -0.05) is 62.0 Å². The highest BCUT2D eigenvalue weighted by molar-refractivity contribution is 6.11. The van der Waals surface area contributed by atoms with E-state index < -0.39 is 5.41 Å². The summed E-state index contributed by atoms with van der Waals surface area (Å²) in [4.78, 5) is 28.7. The fourth-order valence-corrected chi connectivity index (χ4v) is 7.33. The third-order valence-electron chi connectivity index (χ3n) is 9.26. The van der Waals surface area contributed by atoms with Crippen LogP contribution < -0.4 is 4.74 Å². The molecule has 0 amide bonds. The van der Waals surface area contributed by atoms with Gasteiger partial charge in [-0.05, 0) is 70.8 Å². The molecule has 0 unspecified atom stereocenters. The standard InChI is InChI=1S/C20H20N2O4.C15H18N2O3.CH4/c1-22(2)17-13-9-6-10-14(23)15(13)18(24)16-19(17)26-21-20(16)25-11-12-7-4-3-5-8-12;1-8-10-12(19)11-9(18)6-5-7-15(11,2)14(17(3)4)13(10)20-16-8;/h3-8,10,13,17,24H,9,11H2,1-2H3;5-6,14,19H,7H2,1-4H3;1H4/t13-,17-;14-,15+;/m10./s1. The van der Waals surface area contributed by atoms with Crippen molar-refractivity contribution >= 4 is 23.1 Å². The number of ether oxygens (including phenoxy) is 1. The summed E-state index contributed by atoms with van der Waals surface area (Å²) >= 11 is 0. The Morgan fingerprint density at radius 3 is 2.28 bits per heavy atom. The predicted octanol–water partition coefficient (Wildman–Crippen LogP) is 6.32. The molecule has 4 aliphatic rings. The molecule has 4 aliphatic carbocycles. The number of nitrogens with zero attached hydrogens (tertiary/aromatic N) is 4. The summed E-state index contributed by atoms with van der Waals surface area (Å²) in [5.74, 6) is 0.856. The molecule has 0 saturated carbocycles. The fourth-order valence-electron chi connectivity index (χ4n) is 7.33. The maximum absolute atomic E-state index is 12.4. The van der Waals surface area contributed by atoms with E-state index in [-0.39, 0.29) is 54.4 Å². The Labute approximate surface area is 274 Å². The number of aryl methyl sites for hydroxylation is 1. The van der Waals surface area contributed by atoms with Gasteiger partial charge in [-0.25, -0.2) is 0 Å². The number of hydrogen-bond donors (Lipinski definition) is 2. The molecule has 4 atom stereocenters. The minimum atomic E-state index is -0.502. The minimum Gasteiger partial charge on any atom is -0.507 e. The second kappa shape index (κ2) is 12.8. The Kier molecular flexibility index (Phi) is 9.16. The second-order valence-corrected chi connectivity index (χ2v) is 12.8. The SMILES string of the molecule is C.CN(C)[C@H]1c2onc(OCc3ccccc3)c2C(O)=C2C(=O)C=CC[C@H]21.Cc1noc2c1C(O)=C1C(=O)C=CC[C@@]1(C)[C@H]2N(C)C. The number of benzene rings is 1. The number of aromatic nitrogens is 2. The van der Waals surface area contributed by atoms with Crippen molar-refractivity contribution in [1.82, 2.24) is 20.1 Å². The summed E-state index contributed by atoms with van der Waals surface area (Å²) in [5.41, 5.74) is 2.92. The lowest BCUT2D eigenvalue weighted by Gasteiger charge is -2.44. The average Bonchev–Trinajstić information content (AvgIpc) is 3.60. The quantitative estimate of drug-likeness (QED) is 0.323. The lowest BCUT2D eigenvalue weighted by molar-refractivity contribution is -0.113.